The fourth-order valence-electron chi connectivity index (χ4n) is 7.61. The SMILES string of the molecule is COc1cc(F)cnc1N1CCN(C(=O)c2cc3c(-c4ccnc(N5CCN(C)CC5)c4)cc(C4=CCCN(C(=O)CCn5ccnn5)C4)c(F)c3[nH]2)CC1. The molecule has 286 valence electrons. The van der Waals surface area contributed by atoms with Crippen LogP contribution in [0.25, 0.3) is 27.6 Å². The number of benzene rings is 1. The van der Waals surface area contributed by atoms with Crippen LogP contribution in [-0.2, 0) is 11.3 Å². The molecule has 0 spiro atoms. The molecule has 16 heteroatoms. The molecule has 3 aliphatic rings. The van der Waals surface area contributed by atoms with Crippen LogP contribution >= 0.6 is 0 Å². The van der Waals surface area contributed by atoms with Gasteiger partial charge in [-0.2, -0.15) is 0 Å². The minimum absolute atomic E-state index is 0.0460. The Balaban J connectivity index is 1.10. The normalized spacial score (nSPS) is 16.8. The van der Waals surface area contributed by atoms with Crippen LogP contribution in [0.1, 0.15) is 28.9 Å². The van der Waals surface area contributed by atoms with Gasteiger partial charge in [-0.25, -0.2) is 18.7 Å². The number of aryl methyl sites for hydroxylation is 1. The minimum Gasteiger partial charge on any atom is -0.493 e. The molecule has 0 aliphatic carbocycles. The average Bonchev–Trinajstić information content (AvgIpc) is 3.92. The number of carbonyl (C=O) groups is 2. The lowest BCUT2D eigenvalue weighted by Crippen LogP contribution is -2.49. The molecule has 0 radical (unpaired) electrons. The Labute approximate surface area is 317 Å². The van der Waals surface area contributed by atoms with Crippen molar-refractivity contribution in [3.63, 3.8) is 0 Å². The number of halogens is 2. The summed E-state index contributed by atoms with van der Waals surface area (Å²) in [6.45, 7) is 6.39. The number of anilines is 2. The Bertz CT molecular complexity index is 2230. The van der Waals surface area contributed by atoms with E-state index in [4.69, 9.17) is 9.72 Å². The van der Waals surface area contributed by atoms with Gasteiger partial charge in [0.15, 0.2) is 17.4 Å². The zero-order valence-electron chi connectivity index (χ0n) is 30.9. The predicted molar refractivity (Wildman–Crippen MR) is 204 cm³/mol. The monoisotopic (exact) mass is 751 g/mol. The van der Waals surface area contributed by atoms with Crippen molar-refractivity contribution in [1.29, 1.82) is 0 Å². The summed E-state index contributed by atoms with van der Waals surface area (Å²) < 4.78 is 37.7. The highest BCUT2D eigenvalue weighted by molar-refractivity contribution is 6.05. The van der Waals surface area contributed by atoms with Gasteiger partial charge < -0.3 is 34.2 Å². The Hall–Kier alpha value is -5.90. The van der Waals surface area contributed by atoms with E-state index in [1.54, 1.807) is 39.1 Å². The highest BCUT2D eigenvalue weighted by Gasteiger charge is 2.29. The van der Waals surface area contributed by atoms with Gasteiger partial charge in [-0.15, -0.1) is 5.10 Å². The molecule has 8 rings (SSSR count). The number of nitrogens with one attached hydrogen (secondary N) is 1. The van der Waals surface area contributed by atoms with Crippen molar-refractivity contribution in [1.82, 2.24) is 44.6 Å². The second-order valence-electron chi connectivity index (χ2n) is 14.2. The Morgan fingerprint density at radius 2 is 1.69 bits per heavy atom. The summed E-state index contributed by atoms with van der Waals surface area (Å²) in [6.07, 6.45) is 9.04. The van der Waals surface area contributed by atoms with Gasteiger partial charge in [0.2, 0.25) is 5.91 Å². The molecule has 1 N–H and O–H groups in total. The molecule has 2 amide bonds. The number of likely N-dealkylation sites (N-methyl/N-ethyl adjacent to an activating group) is 1. The van der Waals surface area contributed by atoms with E-state index in [0.29, 0.717) is 73.8 Å². The third kappa shape index (κ3) is 7.45. The highest BCUT2D eigenvalue weighted by atomic mass is 19.1. The molecule has 14 nitrogen and oxygen atoms in total. The number of piperazine rings is 2. The van der Waals surface area contributed by atoms with Gasteiger partial charge in [0.25, 0.3) is 5.91 Å². The molecule has 0 unspecified atom stereocenters. The topological polar surface area (TPSA) is 132 Å². The highest BCUT2D eigenvalue weighted by Crippen LogP contribution is 2.38. The van der Waals surface area contributed by atoms with E-state index >= 15 is 4.39 Å². The summed E-state index contributed by atoms with van der Waals surface area (Å²) in [6, 6.07) is 8.82. The number of ether oxygens (including phenoxy) is 1. The van der Waals surface area contributed by atoms with E-state index in [9.17, 15) is 14.0 Å². The molecule has 7 heterocycles. The molecule has 0 saturated carbocycles. The zero-order chi connectivity index (χ0) is 38.1. The first-order valence-corrected chi connectivity index (χ1v) is 18.6. The fraction of sp³-hybridized carbons (Fsp3) is 0.385. The molecule has 0 bridgehead atoms. The summed E-state index contributed by atoms with van der Waals surface area (Å²) in [7, 11) is 3.57. The average molecular weight is 752 g/mol. The summed E-state index contributed by atoms with van der Waals surface area (Å²) >= 11 is 0. The summed E-state index contributed by atoms with van der Waals surface area (Å²) in [5, 5.41) is 8.35. The Kier molecular flexibility index (Phi) is 10.1. The second kappa shape index (κ2) is 15.5. The summed E-state index contributed by atoms with van der Waals surface area (Å²) in [4.78, 5) is 49.4. The predicted octanol–water partition coefficient (Wildman–Crippen LogP) is 3.92. The van der Waals surface area contributed by atoms with Crippen LogP contribution in [0.2, 0.25) is 0 Å². The molecule has 4 aromatic heterocycles. The third-order valence-corrected chi connectivity index (χ3v) is 10.7. The van der Waals surface area contributed by atoms with Crippen LogP contribution in [0.5, 0.6) is 5.75 Å². The van der Waals surface area contributed by atoms with Crippen LogP contribution in [0.15, 0.2) is 61.2 Å². The van der Waals surface area contributed by atoms with E-state index in [0.717, 1.165) is 49.3 Å². The molecule has 0 atom stereocenters. The zero-order valence-corrected chi connectivity index (χ0v) is 30.9. The Morgan fingerprint density at radius 1 is 0.891 bits per heavy atom. The van der Waals surface area contributed by atoms with Crippen LogP contribution in [-0.4, -0.2) is 136 Å². The molecule has 2 saturated heterocycles. The number of rotatable bonds is 9. The quantitative estimate of drug-likeness (QED) is 0.237. The largest absolute Gasteiger partial charge is 0.493 e. The first kappa shape index (κ1) is 36.1. The number of H-pyrrole nitrogens is 1. The van der Waals surface area contributed by atoms with E-state index in [1.807, 2.05) is 29.2 Å². The van der Waals surface area contributed by atoms with Gasteiger partial charge in [-0.3, -0.25) is 14.3 Å². The minimum atomic E-state index is -0.490. The first-order valence-electron chi connectivity index (χ1n) is 18.6. The maximum atomic E-state index is 16.9. The lowest BCUT2D eigenvalue weighted by Gasteiger charge is -2.35. The van der Waals surface area contributed by atoms with E-state index in [-0.39, 0.29) is 36.0 Å². The van der Waals surface area contributed by atoms with Gasteiger partial charge in [0.1, 0.15) is 17.3 Å². The molecule has 55 heavy (non-hydrogen) atoms. The molecule has 1 aromatic carbocycles. The summed E-state index contributed by atoms with van der Waals surface area (Å²) in [5.74, 6) is 0.410. The molecule has 3 aliphatic heterocycles. The lowest BCUT2D eigenvalue weighted by atomic mass is 9.93. The second-order valence-corrected chi connectivity index (χ2v) is 14.2. The van der Waals surface area contributed by atoms with Crippen molar-refractivity contribution in [2.75, 3.05) is 89.4 Å². The van der Waals surface area contributed by atoms with E-state index < -0.39 is 11.6 Å². The number of methoxy groups -OCH3 is 1. The molecular weight excluding hydrogens is 708 g/mol. The van der Waals surface area contributed by atoms with Gasteiger partial charge in [0, 0.05) is 101 Å². The maximum absolute atomic E-state index is 16.9. The molecular formula is C39H43F2N11O3. The van der Waals surface area contributed by atoms with E-state index in [1.165, 1.54) is 13.2 Å². The number of carbonyl (C=O) groups excluding carboxylic acids is 2. The van der Waals surface area contributed by atoms with Crippen LogP contribution in [0.4, 0.5) is 20.4 Å². The van der Waals surface area contributed by atoms with Crippen molar-refractivity contribution >= 4 is 39.9 Å². The van der Waals surface area contributed by atoms with Crippen molar-refractivity contribution in [2.24, 2.45) is 0 Å². The number of nitrogens with zero attached hydrogens (tertiary/aromatic N) is 10. The van der Waals surface area contributed by atoms with Crippen molar-refractivity contribution in [3.8, 4) is 16.9 Å². The standard InChI is InChI=1S/C39H43F2N11O3/c1-47-12-14-48(15-13-47)34-20-26(5-7-42-34)29-22-30(27-4-3-9-51(25-27)35(53)6-10-52-11-8-44-46-52)36(41)37-31(29)23-32(45-37)39(54)50-18-16-49(17-19-50)38-33(55-2)21-28(40)24-43-38/h4-5,7-8,11,20-24,45H,3,6,9-10,12-19,25H2,1-2H3. The van der Waals surface area contributed by atoms with Crippen molar-refractivity contribution in [2.45, 2.75) is 19.4 Å². The number of pyridine rings is 2. The van der Waals surface area contributed by atoms with E-state index in [2.05, 4.69) is 37.1 Å². The van der Waals surface area contributed by atoms with Gasteiger partial charge in [0.05, 0.1) is 31.6 Å². The Morgan fingerprint density at radius 3 is 2.45 bits per heavy atom. The first-order chi connectivity index (χ1) is 26.7. The van der Waals surface area contributed by atoms with Gasteiger partial charge >= 0.3 is 0 Å². The number of aromatic amines is 1. The number of aromatic nitrogens is 6. The fourth-order valence-corrected chi connectivity index (χ4v) is 7.61. The van der Waals surface area contributed by atoms with Crippen LogP contribution in [0.3, 0.4) is 0 Å². The van der Waals surface area contributed by atoms with Crippen molar-refractivity contribution < 1.29 is 23.1 Å². The molecule has 5 aromatic rings. The number of hydrogen-bond donors (Lipinski definition) is 1. The maximum Gasteiger partial charge on any atom is 0.270 e. The van der Waals surface area contributed by atoms with Gasteiger partial charge in [-0.05, 0) is 54.4 Å². The molecule has 2 fully saturated rings. The van der Waals surface area contributed by atoms with Crippen LogP contribution < -0.4 is 14.5 Å². The number of hydrogen-bond acceptors (Lipinski definition) is 10. The summed E-state index contributed by atoms with van der Waals surface area (Å²) in [5.41, 5.74) is 3.19. The van der Waals surface area contributed by atoms with Crippen molar-refractivity contribution in [3.05, 3.63) is 84.1 Å². The van der Waals surface area contributed by atoms with Gasteiger partial charge in [-0.1, -0.05) is 11.3 Å². The lowest BCUT2D eigenvalue weighted by molar-refractivity contribution is -0.131. The van der Waals surface area contributed by atoms with Crippen LogP contribution in [0, 0.1) is 11.6 Å². The smallest absolute Gasteiger partial charge is 0.270 e. The number of fused-ring (bicyclic) bond motifs is 1. The number of amides is 2. The third-order valence-electron chi connectivity index (χ3n) is 10.7.